The van der Waals surface area contributed by atoms with E-state index in [1.165, 1.54) is 17.9 Å². The van der Waals surface area contributed by atoms with Gasteiger partial charge in [-0.15, -0.1) is 0 Å². The van der Waals surface area contributed by atoms with Gasteiger partial charge in [0.05, 0.1) is 12.9 Å². The number of ketones is 1. The average molecular weight is 204 g/mol. The predicted molar refractivity (Wildman–Crippen MR) is 60.7 cm³/mol. The highest BCUT2D eigenvalue weighted by Crippen LogP contribution is 2.04. The minimum Gasteiger partial charge on any atom is -0.501 e. The van der Waals surface area contributed by atoms with Gasteiger partial charge in [0.15, 0.2) is 5.78 Å². The number of rotatable bonds is 5. The number of allylic oxidation sites excluding steroid dienone is 1. The second-order valence-electron chi connectivity index (χ2n) is 3.39. The van der Waals surface area contributed by atoms with Crippen LogP contribution >= 0.6 is 0 Å². The fourth-order valence-corrected chi connectivity index (χ4v) is 1.19. The van der Waals surface area contributed by atoms with Gasteiger partial charge in [-0.2, -0.15) is 0 Å². The van der Waals surface area contributed by atoms with Gasteiger partial charge in [0.25, 0.3) is 0 Å². The first-order valence-electron chi connectivity index (χ1n) is 5.09. The van der Waals surface area contributed by atoms with Gasteiger partial charge in [-0.1, -0.05) is 29.8 Å². The van der Waals surface area contributed by atoms with Gasteiger partial charge in [0.1, 0.15) is 0 Å². The van der Waals surface area contributed by atoms with E-state index in [0.717, 1.165) is 5.56 Å². The van der Waals surface area contributed by atoms with Crippen LogP contribution < -0.4 is 0 Å². The summed E-state index contributed by atoms with van der Waals surface area (Å²) < 4.78 is 4.96. The van der Waals surface area contributed by atoms with Crippen LogP contribution in [0.15, 0.2) is 36.6 Å². The molecule has 0 aliphatic rings. The minimum absolute atomic E-state index is 0.0623. The largest absolute Gasteiger partial charge is 0.501 e. The highest BCUT2D eigenvalue weighted by molar-refractivity contribution is 5.91. The summed E-state index contributed by atoms with van der Waals surface area (Å²) in [6.07, 6.45) is 3.36. The lowest BCUT2D eigenvalue weighted by Crippen LogP contribution is -1.98. The second-order valence-corrected chi connectivity index (χ2v) is 3.39. The van der Waals surface area contributed by atoms with Gasteiger partial charge in [0, 0.05) is 12.5 Å². The summed E-state index contributed by atoms with van der Waals surface area (Å²) in [7, 11) is 0. The van der Waals surface area contributed by atoms with E-state index in [4.69, 9.17) is 4.74 Å². The zero-order valence-corrected chi connectivity index (χ0v) is 9.19. The van der Waals surface area contributed by atoms with E-state index >= 15 is 0 Å². The fraction of sp³-hybridized carbons (Fsp3) is 0.308. The summed E-state index contributed by atoms with van der Waals surface area (Å²) in [6, 6.07) is 7.97. The van der Waals surface area contributed by atoms with E-state index < -0.39 is 0 Å². The number of benzene rings is 1. The van der Waals surface area contributed by atoms with Crippen LogP contribution in [0.1, 0.15) is 18.1 Å². The van der Waals surface area contributed by atoms with E-state index in [1.54, 1.807) is 0 Å². The molecule has 0 atom stereocenters. The van der Waals surface area contributed by atoms with Gasteiger partial charge >= 0.3 is 0 Å². The molecule has 0 aliphatic carbocycles. The van der Waals surface area contributed by atoms with Crippen LogP contribution in [0.2, 0.25) is 0 Å². The molecule has 0 saturated heterocycles. The molecule has 1 aromatic rings. The summed E-state index contributed by atoms with van der Waals surface area (Å²) in [4.78, 5) is 11.4. The van der Waals surface area contributed by atoms with E-state index in [2.05, 4.69) is 0 Å². The van der Waals surface area contributed by atoms with Crippen LogP contribution in [0.5, 0.6) is 0 Å². The molecule has 1 rings (SSSR count). The van der Waals surface area contributed by atoms with E-state index in [0.29, 0.717) is 13.0 Å². The molecule has 0 heterocycles. The first-order valence-corrected chi connectivity index (χ1v) is 5.09. The summed E-state index contributed by atoms with van der Waals surface area (Å²) in [6.45, 7) is 4.50. The summed E-state index contributed by atoms with van der Waals surface area (Å²) in [5.41, 5.74) is 2.24. The normalized spacial score (nSPS) is 10.5. The second kappa shape index (κ2) is 6.02. The lowest BCUT2D eigenvalue weighted by molar-refractivity contribution is -0.114. The highest BCUT2D eigenvalue weighted by Gasteiger charge is 1.98. The number of hydrogen-bond acceptors (Lipinski definition) is 2. The van der Waals surface area contributed by atoms with Crippen molar-refractivity contribution >= 4 is 5.78 Å². The Morgan fingerprint density at radius 1 is 1.33 bits per heavy atom. The van der Waals surface area contributed by atoms with Gasteiger partial charge < -0.3 is 4.74 Å². The van der Waals surface area contributed by atoms with Crippen LogP contribution in [0, 0.1) is 6.92 Å². The Bertz CT molecular complexity index is 336. The number of ether oxygens (including phenoxy) is 1. The molecule has 0 bridgehead atoms. The maximum absolute atomic E-state index is 11.4. The molecule has 0 saturated carbocycles. The monoisotopic (exact) mass is 204 g/mol. The first-order chi connectivity index (χ1) is 7.22. The molecule has 0 aromatic heterocycles. The van der Waals surface area contributed by atoms with Gasteiger partial charge in [-0.25, -0.2) is 0 Å². The molecule has 0 spiro atoms. The van der Waals surface area contributed by atoms with Crippen LogP contribution in [-0.4, -0.2) is 12.4 Å². The minimum atomic E-state index is 0.0623. The Morgan fingerprint density at radius 3 is 2.60 bits per heavy atom. The smallest absolute Gasteiger partial charge is 0.163 e. The van der Waals surface area contributed by atoms with Crippen molar-refractivity contribution in [1.82, 2.24) is 0 Å². The average Bonchev–Trinajstić information content (AvgIpc) is 2.22. The molecule has 0 radical (unpaired) electrons. The van der Waals surface area contributed by atoms with Crippen molar-refractivity contribution in [2.75, 3.05) is 6.61 Å². The molecule has 0 unspecified atom stereocenters. The molecule has 15 heavy (non-hydrogen) atoms. The lowest BCUT2D eigenvalue weighted by Gasteiger charge is -1.98. The van der Waals surface area contributed by atoms with Crippen molar-refractivity contribution in [3.63, 3.8) is 0 Å². The lowest BCUT2D eigenvalue weighted by atomic mass is 10.1. The van der Waals surface area contributed by atoms with Crippen LogP contribution in [0.25, 0.3) is 0 Å². The Hall–Kier alpha value is -1.57. The fourth-order valence-electron chi connectivity index (χ4n) is 1.19. The maximum atomic E-state index is 11.4. The third-order valence-electron chi connectivity index (χ3n) is 2.02. The topological polar surface area (TPSA) is 26.3 Å². The predicted octanol–water partition coefficient (Wildman–Crippen LogP) is 2.66. The molecule has 0 N–H and O–H groups in total. The first kappa shape index (κ1) is 11.5. The van der Waals surface area contributed by atoms with Gasteiger partial charge in [0.2, 0.25) is 0 Å². The molecular formula is C13H16O2. The number of aryl methyl sites for hydroxylation is 1. The van der Waals surface area contributed by atoms with E-state index in [-0.39, 0.29) is 5.78 Å². The Labute approximate surface area is 90.6 Å². The standard InChI is InChI=1S/C13H16O2/c1-3-15-9-8-13(14)10-12-6-4-11(2)5-7-12/h4-9H,3,10H2,1-2H3/b9-8+. The number of hydrogen-bond donors (Lipinski definition) is 0. The molecule has 0 fully saturated rings. The van der Waals surface area contributed by atoms with Crippen molar-refractivity contribution in [3.05, 3.63) is 47.7 Å². The Balaban J connectivity index is 2.48. The SMILES string of the molecule is CCO/C=C/C(=O)Cc1ccc(C)cc1. The molecular weight excluding hydrogens is 188 g/mol. The summed E-state index contributed by atoms with van der Waals surface area (Å²) in [5, 5.41) is 0. The molecule has 2 nitrogen and oxygen atoms in total. The van der Waals surface area contributed by atoms with Crippen LogP contribution in [-0.2, 0) is 16.0 Å². The molecule has 1 aromatic carbocycles. The van der Waals surface area contributed by atoms with Gasteiger partial charge in [-0.05, 0) is 19.4 Å². The highest BCUT2D eigenvalue weighted by atomic mass is 16.5. The molecule has 80 valence electrons. The van der Waals surface area contributed by atoms with Crippen molar-refractivity contribution in [2.45, 2.75) is 20.3 Å². The van der Waals surface area contributed by atoms with Gasteiger partial charge in [-0.3, -0.25) is 4.79 Å². The Kier molecular flexibility index (Phi) is 4.61. The zero-order chi connectivity index (χ0) is 11.1. The maximum Gasteiger partial charge on any atom is 0.163 e. The zero-order valence-electron chi connectivity index (χ0n) is 9.19. The third-order valence-corrected chi connectivity index (χ3v) is 2.02. The third kappa shape index (κ3) is 4.45. The van der Waals surface area contributed by atoms with E-state index in [9.17, 15) is 4.79 Å². The molecule has 2 heteroatoms. The van der Waals surface area contributed by atoms with E-state index in [1.807, 2.05) is 38.1 Å². The van der Waals surface area contributed by atoms with Crippen molar-refractivity contribution in [1.29, 1.82) is 0 Å². The van der Waals surface area contributed by atoms with Crippen LogP contribution in [0.4, 0.5) is 0 Å². The summed E-state index contributed by atoms with van der Waals surface area (Å²) in [5.74, 6) is 0.0623. The summed E-state index contributed by atoms with van der Waals surface area (Å²) >= 11 is 0. The Morgan fingerprint density at radius 2 is 2.00 bits per heavy atom. The molecule has 0 aliphatic heterocycles. The quantitative estimate of drug-likeness (QED) is 0.544. The van der Waals surface area contributed by atoms with Crippen LogP contribution in [0.3, 0.4) is 0 Å². The number of carbonyl (C=O) groups is 1. The van der Waals surface area contributed by atoms with Crippen molar-refractivity contribution in [2.24, 2.45) is 0 Å². The van der Waals surface area contributed by atoms with Crippen molar-refractivity contribution in [3.8, 4) is 0 Å². The molecule has 0 amide bonds. The van der Waals surface area contributed by atoms with Crippen molar-refractivity contribution < 1.29 is 9.53 Å². The number of carbonyl (C=O) groups excluding carboxylic acids is 1.